The van der Waals surface area contributed by atoms with Crippen molar-refractivity contribution in [1.82, 2.24) is 0 Å². The lowest BCUT2D eigenvalue weighted by molar-refractivity contribution is 0.103. The van der Waals surface area contributed by atoms with Crippen LogP contribution in [0.25, 0.3) is 0 Å². The normalized spacial score (nSPS) is 17.2. The summed E-state index contributed by atoms with van der Waals surface area (Å²) in [5.41, 5.74) is 3.74. The molecule has 2 aromatic carbocycles. The maximum absolute atomic E-state index is 12.6. The summed E-state index contributed by atoms with van der Waals surface area (Å²) in [6, 6.07) is 15.5. The highest BCUT2D eigenvalue weighted by molar-refractivity contribution is 6.10. The second-order valence-corrected chi connectivity index (χ2v) is 5.02. The summed E-state index contributed by atoms with van der Waals surface area (Å²) < 4.78 is 5.27. The molecule has 2 aromatic rings. The molecule has 1 saturated heterocycles. The summed E-state index contributed by atoms with van der Waals surface area (Å²) in [5, 5.41) is 0. The van der Waals surface area contributed by atoms with Crippen molar-refractivity contribution >= 4 is 5.78 Å². The van der Waals surface area contributed by atoms with E-state index < -0.39 is 0 Å². The second kappa shape index (κ2) is 4.98. The summed E-state index contributed by atoms with van der Waals surface area (Å²) in [6.45, 7) is 2.83. The van der Waals surface area contributed by atoms with Gasteiger partial charge in [-0.25, -0.2) is 0 Å². The Bertz CT molecular complexity index is 598. The summed E-state index contributed by atoms with van der Waals surface area (Å²) in [5.74, 6) is 0.0972. The average Bonchev–Trinajstić information content (AvgIpc) is 3.25. The number of epoxide rings is 1. The Hall–Kier alpha value is -1.93. The topological polar surface area (TPSA) is 29.6 Å². The number of carbonyl (C=O) groups excluding carboxylic acids is 1. The molecule has 0 unspecified atom stereocenters. The lowest BCUT2D eigenvalue weighted by Gasteiger charge is -2.09. The number of rotatable bonds is 4. The van der Waals surface area contributed by atoms with E-state index in [0.29, 0.717) is 6.10 Å². The Kier molecular flexibility index (Phi) is 3.18. The second-order valence-electron chi connectivity index (χ2n) is 5.02. The lowest BCUT2D eigenvalue weighted by atomic mass is 9.94. The fraction of sp³-hybridized carbons (Fsp3) is 0.235. The highest BCUT2D eigenvalue weighted by atomic mass is 16.6. The van der Waals surface area contributed by atoms with E-state index in [9.17, 15) is 4.79 Å². The molecule has 0 aromatic heterocycles. The molecule has 0 radical (unpaired) electrons. The Morgan fingerprint density at radius 3 is 2.63 bits per heavy atom. The highest BCUT2D eigenvalue weighted by Gasteiger charge is 2.25. The molecule has 96 valence electrons. The molecule has 0 N–H and O–H groups in total. The Morgan fingerprint density at radius 1 is 1.21 bits per heavy atom. The number of benzene rings is 2. The Balaban J connectivity index is 1.97. The first-order valence-electron chi connectivity index (χ1n) is 6.55. The van der Waals surface area contributed by atoms with Crippen LogP contribution >= 0.6 is 0 Å². The van der Waals surface area contributed by atoms with Crippen molar-refractivity contribution in [2.75, 3.05) is 6.61 Å². The Morgan fingerprint density at radius 2 is 1.95 bits per heavy atom. The molecule has 1 aliphatic heterocycles. The minimum absolute atomic E-state index is 0.0972. The van der Waals surface area contributed by atoms with Gasteiger partial charge < -0.3 is 4.74 Å². The van der Waals surface area contributed by atoms with Crippen LogP contribution < -0.4 is 0 Å². The summed E-state index contributed by atoms with van der Waals surface area (Å²) in [6.07, 6.45) is 1.12. The number of aryl methyl sites for hydroxylation is 1. The highest BCUT2D eigenvalue weighted by Crippen LogP contribution is 2.22. The van der Waals surface area contributed by atoms with Gasteiger partial charge in [0.2, 0.25) is 0 Å². The number of ketones is 1. The van der Waals surface area contributed by atoms with Gasteiger partial charge in [-0.1, -0.05) is 48.0 Å². The molecule has 0 saturated carbocycles. The lowest BCUT2D eigenvalue weighted by Crippen LogP contribution is -2.08. The van der Waals surface area contributed by atoms with Crippen molar-refractivity contribution in [2.24, 2.45) is 0 Å². The molecule has 1 atom stereocenters. The van der Waals surface area contributed by atoms with E-state index in [4.69, 9.17) is 4.74 Å². The third kappa shape index (κ3) is 2.74. The van der Waals surface area contributed by atoms with Crippen LogP contribution in [0.15, 0.2) is 48.5 Å². The quantitative estimate of drug-likeness (QED) is 0.618. The first-order chi connectivity index (χ1) is 9.24. The van der Waals surface area contributed by atoms with Gasteiger partial charge in [0, 0.05) is 17.5 Å². The van der Waals surface area contributed by atoms with Crippen molar-refractivity contribution in [1.29, 1.82) is 0 Å². The van der Waals surface area contributed by atoms with Crippen LogP contribution in [-0.4, -0.2) is 18.5 Å². The molecule has 2 heteroatoms. The smallest absolute Gasteiger partial charge is 0.193 e. The first-order valence-corrected chi connectivity index (χ1v) is 6.55. The van der Waals surface area contributed by atoms with Gasteiger partial charge in [-0.05, 0) is 18.6 Å². The molecule has 1 heterocycles. The van der Waals surface area contributed by atoms with E-state index in [-0.39, 0.29) is 5.78 Å². The number of hydrogen-bond donors (Lipinski definition) is 0. The Labute approximate surface area is 113 Å². The van der Waals surface area contributed by atoms with E-state index >= 15 is 0 Å². The van der Waals surface area contributed by atoms with Gasteiger partial charge in [-0.2, -0.15) is 0 Å². The van der Waals surface area contributed by atoms with Gasteiger partial charge >= 0.3 is 0 Å². The number of ether oxygens (including phenoxy) is 1. The number of hydrogen-bond acceptors (Lipinski definition) is 2. The van der Waals surface area contributed by atoms with Crippen molar-refractivity contribution in [3.8, 4) is 0 Å². The van der Waals surface area contributed by atoms with Crippen molar-refractivity contribution in [2.45, 2.75) is 19.4 Å². The van der Waals surface area contributed by atoms with Gasteiger partial charge in [0.1, 0.15) is 0 Å². The number of carbonyl (C=O) groups is 1. The van der Waals surface area contributed by atoms with Gasteiger partial charge in [-0.15, -0.1) is 0 Å². The fourth-order valence-electron chi connectivity index (χ4n) is 2.26. The minimum Gasteiger partial charge on any atom is -0.373 e. The zero-order valence-electron chi connectivity index (χ0n) is 10.9. The fourth-order valence-corrected chi connectivity index (χ4v) is 2.26. The average molecular weight is 252 g/mol. The molecule has 0 bridgehead atoms. The maximum Gasteiger partial charge on any atom is 0.193 e. The third-order valence-corrected chi connectivity index (χ3v) is 3.40. The van der Waals surface area contributed by atoms with E-state index in [1.807, 2.05) is 49.4 Å². The predicted octanol–water partition coefficient (Wildman–Crippen LogP) is 3.17. The standard InChI is InChI=1S/C17H16O2/c1-12-7-8-14(10-15-11-19-15)16(9-12)17(18)13-5-3-2-4-6-13/h2-9,15H,10-11H2,1H3/t15-/m0/s1. The van der Waals surface area contributed by atoms with Gasteiger partial charge in [0.25, 0.3) is 0 Å². The largest absolute Gasteiger partial charge is 0.373 e. The molecular formula is C17H16O2. The SMILES string of the molecule is Cc1ccc(C[C@H]2CO2)c(C(=O)c2ccccc2)c1. The van der Waals surface area contributed by atoms with E-state index in [2.05, 4.69) is 6.07 Å². The first kappa shape index (κ1) is 12.1. The molecule has 3 rings (SSSR count). The van der Waals surface area contributed by atoms with Crippen LogP contribution in [0.4, 0.5) is 0 Å². The summed E-state index contributed by atoms with van der Waals surface area (Å²) in [4.78, 5) is 12.6. The van der Waals surface area contributed by atoms with Crippen LogP contribution in [0.1, 0.15) is 27.0 Å². The molecule has 19 heavy (non-hydrogen) atoms. The van der Waals surface area contributed by atoms with Crippen molar-refractivity contribution in [3.05, 3.63) is 70.8 Å². The molecule has 0 amide bonds. The zero-order chi connectivity index (χ0) is 13.2. The van der Waals surface area contributed by atoms with Crippen LogP contribution in [0.3, 0.4) is 0 Å². The zero-order valence-corrected chi connectivity index (χ0v) is 10.9. The van der Waals surface area contributed by atoms with E-state index in [1.165, 1.54) is 0 Å². The molecular weight excluding hydrogens is 236 g/mol. The third-order valence-electron chi connectivity index (χ3n) is 3.40. The van der Waals surface area contributed by atoms with Crippen LogP contribution in [0.2, 0.25) is 0 Å². The van der Waals surface area contributed by atoms with E-state index in [0.717, 1.165) is 35.3 Å². The van der Waals surface area contributed by atoms with Crippen LogP contribution in [-0.2, 0) is 11.2 Å². The van der Waals surface area contributed by atoms with Crippen LogP contribution in [0.5, 0.6) is 0 Å². The van der Waals surface area contributed by atoms with Gasteiger partial charge in [-0.3, -0.25) is 4.79 Å². The molecule has 0 aliphatic carbocycles. The summed E-state index contributed by atoms with van der Waals surface area (Å²) in [7, 11) is 0. The van der Waals surface area contributed by atoms with Crippen molar-refractivity contribution < 1.29 is 9.53 Å². The monoisotopic (exact) mass is 252 g/mol. The summed E-state index contributed by atoms with van der Waals surface area (Å²) >= 11 is 0. The van der Waals surface area contributed by atoms with Gasteiger partial charge in [0.05, 0.1) is 12.7 Å². The minimum atomic E-state index is 0.0972. The van der Waals surface area contributed by atoms with Gasteiger partial charge in [0.15, 0.2) is 5.78 Å². The molecule has 1 fully saturated rings. The van der Waals surface area contributed by atoms with E-state index in [1.54, 1.807) is 0 Å². The molecule has 0 spiro atoms. The molecule has 2 nitrogen and oxygen atoms in total. The predicted molar refractivity (Wildman–Crippen MR) is 74.5 cm³/mol. The van der Waals surface area contributed by atoms with Crippen LogP contribution in [0, 0.1) is 6.92 Å². The maximum atomic E-state index is 12.6. The molecule has 1 aliphatic rings. The van der Waals surface area contributed by atoms with Crippen molar-refractivity contribution in [3.63, 3.8) is 0 Å².